The third-order valence-electron chi connectivity index (χ3n) is 5.08. The number of aromatic amines is 1. The van der Waals surface area contributed by atoms with Crippen molar-refractivity contribution in [2.24, 2.45) is 5.10 Å². The van der Waals surface area contributed by atoms with Crippen molar-refractivity contribution in [3.8, 4) is 0 Å². The van der Waals surface area contributed by atoms with Gasteiger partial charge >= 0.3 is 0 Å². The van der Waals surface area contributed by atoms with Gasteiger partial charge in [0, 0.05) is 30.3 Å². The van der Waals surface area contributed by atoms with Gasteiger partial charge in [-0.1, -0.05) is 0 Å². The van der Waals surface area contributed by atoms with E-state index in [1.807, 2.05) is 6.08 Å². The van der Waals surface area contributed by atoms with Crippen molar-refractivity contribution in [2.75, 3.05) is 13.1 Å². The van der Waals surface area contributed by atoms with Gasteiger partial charge < -0.3 is 4.98 Å². The average Bonchev–Trinajstić information content (AvgIpc) is 3.35. The van der Waals surface area contributed by atoms with Crippen molar-refractivity contribution in [3.63, 3.8) is 0 Å². The highest BCUT2D eigenvalue weighted by Gasteiger charge is 2.26. The summed E-state index contributed by atoms with van der Waals surface area (Å²) in [4.78, 5) is 26.5. The Morgan fingerprint density at radius 2 is 2.04 bits per heavy atom. The molecule has 7 heteroatoms. The second kappa shape index (κ2) is 6.84. The maximum Gasteiger partial charge on any atom is 0.273 e. The van der Waals surface area contributed by atoms with Crippen molar-refractivity contribution < 1.29 is 4.79 Å². The Kier molecular flexibility index (Phi) is 4.38. The van der Waals surface area contributed by atoms with Crippen molar-refractivity contribution in [2.45, 2.75) is 33.2 Å². The maximum absolute atomic E-state index is 12.3. The van der Waals surface area contributed by atoms with Crippen LogP contribution in [0.4, 0.5) is 0 Å². The molecule has 2 aliphatic rings. The number of hydrogen-bond acceptors (Lipinski definition) is 5. The number of aromatic nitrogens is 3. The lowest BCUT2D eigenvalue weighted by atomic mass is 10.0. The minimum atomic E-state index is -0.224. The minimum absolute atomic E-state index is 0.224. The van der Waals surface area contributed by atoms with Crippen LogP contribution in [-0.2, 0) is 11.3 Å². The smallest absolute Gasteiger partial charge is 0.273 e. The van der Waals surface area contributed by atoms with Crippen molar-refractivity contribution in [1.82, 2.24) is 25.3 Å². The molecule has 2 aliphatic heterocycles. The number of nitrogens with one attached hydrogen (secondary N) is 2. The molecule has 1 fully saturated rings. The summed E-state index contributed by atoms with van der Waals surface area (Å²) in [6.07, 6.45) is 9.22. The molecule has 0 bridgehead atoms. The molecule has 0 saturated carbocycles. The molecule has 2 aromatic rings. The number of aryl methyl sites for hydroxylation is 1. The van der Waals surface area contributed by atoms with E-state index in [4.69, 9.17) is 0 Å². The van der Waals surface area contributed by atoms with Crippen molar-refractivity contribution in [1.29, 1.82) is 0 Å². The molecular formula is C19H22N6O. The van der Waals surface area contributed by atoms with Crippen LogP contribution in [0.3, 0.4) is 0 Å². The fraction of sp³-hybridized carbons (Fsp3) is 0.368. The molecule has 4 heterocycles. The largest absolute Gasteiger partial charge is 0.359 e. The number of H-pyrrole nitrogens is 1. The van der Waals surface area contributed by atoms with Gasteiger partial charge in [-0.25, -0.2) is 5.43 Å². The van der Waals surface area contributed by atoms with E-state index >= 15 is 0 Å². The zero-order valence-electron chi connectivity index (χ0n) is 15.0. The lowest BCUT2D eigenvalue weighted by Gasteiger charge is -2.15. The van der Waals surface area contributed by atoms with Crippen LogP contribution in [0, 0.1) is 13.8 Å². The first-order valence-corrected chi connectivity index (χ1v) is 8.90. The highest BCUT2D eigenvalue weighted by molar-refractivity contribution is 6.32. The predicted molar refractivity (Wildman–Crippen MR) is 99.5 cm³/mol. The van der Waals surface area contributed by atoms with Crippen LogP contribution < -0.4 is 5.43 Å². The summed E-state index contributed by atoms with van der Waals surface area (Å²) >= 11 is 0. The molecule has 2 N–H and O–H groups in total. The van der Waals surface area contributed by atoms with E-state index in [0.29, 0.717) is 17.0 Å². The van der Waals surface area contributed by atoms with E-state index in [1.165, 1.54) is 24.0 Å². The molecule has 4 rings (SSSR count). The number of carbonyl (C=O) groups is 1. The van der Waals surface area contributed by atoms with E-state index in [2.05, 4.69) is 44.2 Å². The van der Waals surface area contributed by atoms with E-state index in [9.17, 15) is 4.79 Å². The summed E-state index contributed by atoms with van der Waals surface area (Å²) in [6, 6.07) is 0. The summed E-state index contributed by atoms with van der Waals surface area (Å²) in [5.74, 6) is -0.224. The third-order valence-corrected chi connectivity index (χ3v) is 5.08. The van der Waals surface area contributed by atoms with Gasteiger partial charge in [0.05, 0.1) is 11.8 Å². The van der Waals surface area contributed by atoms with Gasteiger partial charge in [-0.2, -0.15) is 5.10 Å². The highest BCUT2D eigenvalue weighted by Crippen LogP contribution is 2.25. The fourth-order valence-electron chi connectivity index (χ4n) is 3.59. The Bertz CT molecular complexity index is 890. The van der Waals surface area contributed by atoms with Crippen LogP contribution in [0.15, 0.2) is 29.3 Å². The van der Waals surface area contributed by atoms with Crippen LogP contribution in [-0.4, -0.2) is 44.6 Å². The summed E-state index contributed by atoms with van der Waals surface area (Å²) < 4.78 is 0. The molecular weight excluding hydrogens is 328 g/mol. The van der Waals surface area contributed by atoms with Crippen LogP contribution in [0.1, 0.15) is 41.1 Å². The van der Waals surface area contributed by atoms with Crippen LogP contribution in [0.2, 0.25) is 0 Å². The van der Waals surface area contributed by atoms with Crippen LogP contribution in [0.5, 0.6) is 0 Å². The Hall–Kier alpha value is -2.80. The van der Waals surface area contributed by atoms with Gasteiger partial charge in [0.1, 0.15) is 11.4 Å². The number of nitrogens with zero attached hydrogens (tertiary/aromatic N) is 4. The monoisotopic (exact) mass is 350 g/mol. The Labute approximate surface area is 152 Å². The zero-order chi connectivity index (χ0) is 18.1. The molecule has 0 atom stereocenters. The first kappa shape index (κ1) is 16.7. The summed E-state index contributed by atoms with van der Waals surface area (Å²) in [5, 5.41) is 4.13. The lowest BCUT2D eigenvalue weighted by molar-refractivity contribution is -0.116. The Balaban J connectivity index is 1.67. The Morgan fingerprint density at radius 1 is 1.23 bits per heavy atom. The number of amides is 1. The number of hydrazone groups is 1. The van der Waals surface area contributed by atoms with Gasteiger partial charge in [-0.3, -0.25) is 19.7 Å². The summed E-state index contributed by atoms with van der Waals surface area (Å²) in [7, 11) is 0. The van der Waals surface area contributed by atoms with Crippen LogP contribution in [0.25, 0.3) is 6.08 Å². The molecule has 1 amide bonds. The van der Waals surface area contributed by atoms with Crippen molar-refractivity contribution in [3.05, 3.63) is 52.4 Å². The maximum atomic E-state index is 12.3. The van der Waals surface area contributed by atoms with Gasteiger partial charge in [-0.15, -0.1) is 0 Å². The first-order valence-electron chi connectivity index (χ1n) is 8.90. The topological polar surface area (TPSA) is 86.3 Å². The first-order chi connectivity index (χ1) is 12.6. The minimum Gasteiger partial charge on any atom is -0.359 e. The number of likely N-dealkylation sites (tertiary alicyclic amines) is 1. The third kappa shape index (κ3) is 3.06. The Morgan fingerprint density at radius 3 is 2.77 bits per heavy atom. The molecule has 2 aromatic heterocycles. The predicted octanol–water partition coefficient (Wildman–Crippen LogP) is 1.93. The number of hydrogen-bond donors (Lipinski definition) is 2. The normalized spacial score (nSPS) is 19.2. The average molecular weight is 350 g/mol. The molecule has 1 saturated heterocycles. The summed E-state index contributed by atoms with van der Waals surface area (Å²) in [6.45, 7) is 7.47. The number of rotatable bonds is 4. The second-order valence-electron chi connectivity index (χ2n) is 6.80. The standard InChI is InChI=1S/C19H22N6O/c1-12-15(11-25-7-3-4-8-25)13(2)22-16(12)9-14-18(23-24-19(14)26)17-10-20-5-6-21-17/h5-6,9-10,22H,3-4,7-8,11H2,1-2H3,(H,24,26)/b14-9+. The molecule has 0 aromatic carbocycles. The van der Waals surface area contributed by atoms with Gasteiger partial charge in [0.25, 0.3) is 5.91 Å². The molecule has 0 radical (unpaired) electrons. The van der Waals surface area contributed by atoms with E-state index in [-0.39, 0.29) is 5.91 Å². The highest BCUT2D eigenvalue weighted by atomic mass is 16.2. The zero-order valence-corrected chi connectivity index (χ0v) is 15.0. The van der Waals surface area contributed by atoms with E-state index in [1.54, 1.807) is 18.6 Å². The molecule has 26 heavy (non-hydrogen) atoms. The lowest BCUT2D eigenvalue weighted by Crippen LogP contribution is -2.19. The fourth-order valence-corrected chi connectivity index (χ4v) is 3.59. The SMILES string of the molecule is Cc1[nH]c(/C=C2/C(=O)NN=C2c2cnccn2)c(C)c1CN1CCCC1. The van der Waals surface area contributed by atoms with E-state index < -0.39 is 0 Å². The van der Waals surface area contributed by atoms with Gasteiger partial charge in [0.2, 0.25) is 0 Å². The quantitative estimate of drug-likeness (QED) is 0.825. The molecule has 0 unspecified atom stereocenters. The molecule has 7 nitrogen and oxygen atoms in total. The second-order valence-corrected chi connectivity index (χ2v) is 6.80. The van der Waals surface area contributed by atoms with Gasteiger partial charge in [0.15, 0.2) is 0 Å². The van der Waals surface area contributed by atoms with Gasteiger partial charge in [-0.05, 0) is 57.0 Å². The molecule has 0 aliphatic carbocycles. The molecule has 134 valence electrons. The summed E-state index contributed by atoms with van der Waals surface area (Å²) in [5.41, 5.74) is 8.73. The van der Waals surface area contributed by atoms with Crippen LogP contribution >= 0.6 is 0 Å². The van der Waals surface area contributed by atoms with Crippen molar-refractivity contribution >= 4 is 17.7 Å². The number of carbonyl (C=O) groups excluding carboxylic acids is 1. The molecule has 0 spiro atoms. The van der Waals surface area contributed by atoms with E-state index in [0.717, 1.165) is 31.0 Å².